The Bertz CT molecular complexity index is 476. The molecule has 0 N–H and O–H groups in total. The standard InChI is InChI=1S/C17H25N3OS/c21-17(15-6-4-7-18-12-15)20-10-5-11-22-14-16(20)13-19-8-2-1-3-9-19/h4,6-7,12,16H,1-3,5,8-11,13-14H2. The molecule has 22 heavy (non-hydrogen) atoms. The molecule has 1 aromatic heterocycles. The Morgan fingerprint density at radius 2 is 2.09 bits per heavy atom. The number of thioether (sulfide) groups is 1. The lowest BCUT2D eigenvalue weighted by Gasteiger charge is -2.35. The smallest absolute Gasteiger partial charge is 0.255 e. The van der Waals surface area contributed by atoms with Gasteiger partial charge in [0.25, 0.3) is 5.91 Å². The van der Waals surface area contributed by atoms with Crippen LogP contribution in [0.25, 0.3) is 0 Å². The Morgan fingerprint density at radius 1 is 1.23 bits per heavy atom. The fourth-order valence-corrected chi connectivity index (χ4v) is 4.40. The predicted octanol–water partition coefficient (Wildman–Crippen LogP) is 2.52. The van der Waals surface area contributed by atoms with E-state index in [1.807, 2.05) is 23.9 Å². The van der Waals surface area contributed by atoms with Crippen LogP contribution in [0.1, 0.15) is 36.0 Å². The zero-order chi connectivity index (χ0) is 15.2. The number of hydrogen-bond acceptors (Lipinski definition) is 4. The molecule has 1 unspecified atom stereocenters. The minimum atomic E-state index is 0.151. The molecule has 0 radical (unpaired) electrons. The van der Waals surface area contributed by atoms with Crippen LogP contribution in [0, 0.1) is 0 Å². The Morgan fingerprint density at radius 3 is 2.86 bits per heavy atom. The van der Waals surface area contributed by atoms with Crippen molar-refractivity contribution in [2.75, 3.05) is 37.7 Å². The van der Waals surface area contributed by atoms with Gasteiger partial charge in [-0.15, -0.1) is 0 Å². The second-order valence-electron chi connectivity index (χ2n) is 6.18. The summed E-state index contributed by atoms with van der Waals surface area (Å²) >= 11 is 1.99. The third-order valence-corrected chi connectivity index (χ3v) is 5.72. The number of pyridine rings is 1. The lowest BCUT2D eigenvalue weighted by Crippen LogP contribution is -2.49. The van der Waals surface area contributed by atoms with E-state index in [9.17, 15) is 4.79 Å². The maximum absolute atomic E-state index is 12.9. The summed E-state index contributed by atoms with van der Waals surface area (Å²) < 4.78 is 0. The van der Waals surface area contributed by atoms with Gasteiger partial charge in [0.05, 0.1) is 11.6 Å². The maximum atomic E-state index is 12.9. The third kappa shape index (κ3) is 4.02. The van der Waals surface area contributed by atoms with Crippen molar-refractivity contribution in [2.45, 2.75) is 31.7 Å². The summed E-state index contributed by atoms with van der Waals surface area (Å²) in [6.45, 7) is 4.28. The van der Waals surface area contributed by atoms with Crippen molar-refractivity contribution in [3.63, 3.8) is 0 Å². The molecule has 0 bridgehead atoms. The first-order valence-corrected chi connectivity index (χ1v) is 9.51. The zero-order valence-corrected chi connectivity index (χ0v) is 13.9. The van der Waals surface area contributed by atoms with E-state index in [1.54, 1.807) is 12.4 Å². The van der Waals surface area contributed by atoms with Crippen molar-refractivity contribution in [3.8, 4) is 0 Å². The van der Waals surface area contributed by atoms with Gasteiger partial charge in [-0.1, -0.05) is 6.42 Å². The van der Waals surface area contributed by atoms with Gasteiger partial charge in [0.15, 0.2) is 0 Å². The van der Waals surface area contributed by atoms with Gasteiger partial charge in [0, 0.05) is 31.2 Å². The summed E-state index contributed by atoms with van der Waals surface area (Å²) in [6, 6.07) is 4.06. The van der Waals surface area contributed by atoms with Gasteiger partial charge in [-0.05, 0) is 50.2 Å². The van der Waals surface area contributed by atoms with Crippen molar-refractivity contribution in [2.24, 2.45) is 0 Å². The molecule has 1 aromatic rings. The van der Waals surface area contributed by atoms with E-state index in [2.05, 4.69) is 14.8 Å². The molecule has 2 fully saturated rings. The molecule has 5 heteroatoms. The Balaban J connectivity index is 1.71. The van der Waals surface area contributed by atoms with Crippen LogP contribution in [-0.4, -0.2) is 64.4 Å². The predicted molar refractivity (Wildman–Crippen MR) is 91.3 cm³/mol. The van der Waals surface area contributed by atoms with Gasteiger partial charge in [0.2, 0.25) is 0 Å². The Labute approximate surface area is 137 Å². The molecule has 0 aliphatic carbocycles. The van der Waals surface area contributed by atoms with Gasteiger partial charge in [0.1, 0.15) is 0 Å². The second kappa shape index (κ2) is 7.97. The van der Waals surface area contributed by atoms with Crippen molar-refractivity contribution in [3.05, 3.63) is 30.1 Å². The minimum absolute atomic E-state index is 0.151. The number of carbonyl (C=O) groups is 1. The number of amides is 1. The number of rotatable bonds is 3. The van der Waals surface area contributed by atoms with Crippen molar-refractivity contribution >= 4 is 17.7 Å². The van der Waals surface area contributed by atoms with Crippen molar-refractivity contribution in [1.82, 2.24) is 14.8 Å². The van der Waals surface area contributed by atoms with E-state index in [1.165, 1.54) is 32.4 Å². The summed E-state index contributed by atoms with van der Waals surface area (Å²) in [5, 5.41) is 0. The number of hydrogen-bond donors (Lipinski definition) is 0. The van der Waals surface area contributed by atoms with Crippen LogP contribution in [0.3, 0.4) is 0 Å². The first-order chi connectivity index (χ1) is 10.8. The van der Waals surface area contributed by atoms with Gasteiger partial charge in [-0.2, -0.15) is 11.8 Å². The van der Waals surface area contributed by atoms with Gasteiger partial charge in [-0.25, -0.2) is 0 Å². The average Bonchev–Trinajstić information content (AvgIpc) is 2.81. The van der Waals surface area contributed by atoms with E-state index in [-0.39, 0.29) is 5.91 Å². The highest BCUT2D eigenvalue weighted by atomic mass is 32.2. The number of aromatic nitrogens is 1. The molecule has 3 rings (SSSR count). The lowest BCUT2D eigenvalue weighted by molar-refractivity contribution is 0.0645. The van der Waals surface area contributed by atoms with E-state index in [4.69, 9.17) is 0 Å². The normalized spacial score (nSPS) is 24.0. The summed E-state index contributed by atoms with van der Waals surface area (Å²) in [4.78, 5) is 21.6. The quantitative estimate of drug-likeness (QED) is 0.858. The largest absolute Gasteiger partial charge is 0.333 e. The lowest BCUT2D eigenvalue weighted by atomic mass is 10.1. The first-order valence-electron chi connectivity index (χ1n) is 8.36. The molecule has 2 aliphatic heterocycles. The fourth-order valence-electron chi connectivity index (χ4n) is 3.34. The van der Waals surface area contributed by atoms with Crippen molar-refractivity contribution < 1.29 is 4.79 Å². The highest BCUT2D eigenvalue weighted by Gasteiger charge is 2.28. The molecule has 1 amide bonds. The van der Waals surface area contributed by atoms with E-state index < -0.39 is 0 Å². The Kier molecular flexibility index (Phi) is 5.73. The Hall–Kier alpha value is -1.07. The average molecular weight is 319 g/mol. The number of piperidine rings is 1. The molecule has 2 aliphatic rings. The molecule has 4 nitrogen and oxygen atoms in total. The molecule has 0 aromatic carbocycles. The topological polar surface area (TPSA) is 36.4 Å². The molecule has 3 heterocycles. The number of likely N-dealkylation sites (tertiary alicyclic amines) is 1. The van der Waals surface area contributed by atoms with E-state index >= 15 is 0 Å². The first kappa shape index (κ1) is 15.8. The molecular formula is C17H25N3OS. The number of carbonyl (C=O) groups excluding carboxylic acids is 1. The molecule has 2 saturated heterocycles. The summed E-state index contributed by atoms with van der Waals surface area (Å²) in [5.41, 5.74) is 0.720. The molecular weight excluding hydrogens is 294 g/mol. The van der Waals surface area contributed by atoms with Crippen LogP contribution in [0.2, 0.25) is 0 Å². The third-order valence-electron chi connectivity index (χ3n) is 4.53. The summed E-state index contributed by atoms with van der Waals surface area (Å²) in [5.74, 6) is 2.37. The summed E-state index contributed by atoms with van der Waals surface area (Å²) in [7, 11) is 0. The SMILES string of the molecule is O=C(c1cccnc1)N1CCCSCC1CN1CCCCC1. The van der Waals surface area contributed by atoms with Gasteiger partial charge < -0.3 is 9.80 Å². The minimum Gasteiger partial charge on any atom is -0.333 e. The second-order valence-corrected chi connectivity index (χ2v) is 7.33. The maximum Gasteiger partial charge on any atom is 0.255 e. The fraction of sp³-hybridized carbons (Fsp3) is 0.647. The van der Waals surface area contributed by atoms with Crippen LogP contribution in [0.4, 0.5) is 0 Å². The van der Waals surface area contributed by atoms with Gasteiger partial charge in [-0.3, -0.25) is 9.78 Å². The molecule has 120 valence electrons. The van der Waals surface area contributed by atoms with Crippen LogP contribution in [0.15, 0.2) is 24.5 Å². The van der Waals surface area contributed by atoms with Gasteiger partial charge >= 0.3 is 0 Å². The molecule has 0 spiro atoms. The van der Waals surface area contributed by atoms with Crippen molar-refractivity contribution in [1.29, 1.82) is 0 Å². The highest BCUT2D eigenvalue weighted by molar-refractivity contribution is 7.99. The van der Waals surface area contributed by atoms with E-state index in [0.29, 0.717) is 6.04 Å². The van der Waals surface area contributed by atoms with Crippen LogP contribution in [0.5, 0.6) is 0 Å². The summed E-state index contributed by atoms with van der Waals surface area (Å²) in [6.07, 6.45) is 8.47. The monoisotopic (exact) mass is 319 g/mol. The van der Waals surface area contributed by atoms with Crippen LogP contribution in [-0.2, 0) is 0 Å². The molecule has 0 saturated carbocycles. The zero-order valence-electron chi connectivity index (χ0n) is 13.1. The van der Waals surface area contributed by atoms with Crippen LogP contribution < -0.4 is 0 Å². The highest BCUT2D eigenvalue weighted by Crippen LogP contribution is 2.21. The van der Waals surface area contributed by atoms with Crippen LogP contribution >= 0.6 is 11.8 Å². The number of nitrogens with zero attached hydrogens (tertiary/aromatic N) is 3. The van der Waals surface area contributed by atoms with E-state index in [0.717, 1.165) is 36.6 Å². The molecule has 1 atom stereocenters.